The minimum atomic E-state index is -0.488. The Hall–Kier alpha value is -3.11. The number of primary amides is 1. The van der Waals surface area contributed by atoms with Crippen molar-refractivity contribution in [1.29, 1.82) is 0 Å². The second-order valence-corrected chi connectivity index (χ2v) is 7.41. The first-order chi connectivity index (χ1) is 14.7. The summed E-state index contributed by atoms with van der Waals surface area (Å²) in [4.78, 5) is 11.0. The third kappa shape index (κ3) is 5.08. The molecule has 4 nitrogen and oxygen atoms in total. The van der Waals surface area contributed by atoms with Crippen LogP contribution < -0.4 is 15.8 Å². The van der Waals surface area contributed by atoms with Crippen LogP contribution in [0.15, 0.2) is 84.9 Å². The highest BCUT2D eigenvalue weighted by Gasteiger charge is 2.35. The molecule has 30 heavy (non-hydrogen) atoms. The van der Waals surface area contributed by atoms with Gasteiger partial charge in [-0.3, -0.25) is 10.1 Å². The lowest BCUT2D eigenvalue weighted by atomic mass is 9.77. The highest BCUT2D eigenvalue weighted by atomic mass is 16.5. The minimum absolute atomic E-state index is 0.232. The van der Waals surface area contributed by atoms with E-state index in [0.717, 1.165) is 37.1 Å². The van der Waals surface area contributed by atoms with Crippen molar-refractivity contribution in [3.05, 3.63) is 102 Å². The molecule has 0 saturated carbocycles. The standard InChI is InChI=1S/C26H30N2O2/c1-30-24-18-16-23(17-19-24)26(21-11-5-2-6-12-21,22-13-7-3-8-14-22)28-20-10-4-9-15-25(27)29/h2-3,5-8,11-14,16-19,28H,4,9-10,15,20H2,1H3,(H2,27,29). The molecular weight excluding hydrogens is 372 g/mol. The summed E-state index contributed by atoms with van der Waals surface area (Å²) in [6.45, 7) is 0.814. The lowest BCUT2D eigenvalue weighted by Gasteiger charge is -2.37. The quantitative estimate of drug-likeness (QED) is 0.363. The predicted molar refractivity (Wildman–Crippen MR) is 121 cm³/mol. The van der Waals surface area contributed by atoms with E-state index in [1.807, 2.05) is 24.3 Å². The van der Waals surface area contributed by atoms with Crippen LogP contribution in [0.1, 0.15) is 42.4 Å². The predicted octanol–water partition coefficient (Wildman–Crippen LogP) is 4.62. The number of nitrogens with one attached hydrogen (secondary N) is 1. The van der Waals surface area contributed by atoms with Crippen LogP contribution in [0.25, 0.3) is 0 Å². The van der Waals surface area contributed by atoms with Crippen molar-refractivity contribution in [3.63, 3.8) is 0 Å². The maximum absolute atomic E-state index is 11.0. The molecule has 0 aliphatic carbocycles. The van der Waals surface area contributed by atoms with Crippen molar-refractivity contribution in [2.75, 3.05) is 13.7 Å². The summed E-state index contributed by atoms with van der Waals surface area (Å²) in [5.41, 5.74) is 8.28. The number of rotatable bonds is 11. The Kier molecular flexibility index (Phi) is 7.63. The number of carbonyl (C=O) groups is 1. The van der Waals surface area contributed by atoms with Gasteiger partial charge in [0, 0.05) is 6.42 Å². The van der Waals surface area contributed by atoms with E-state index >= 15 is 0 Å². The van der Waals surface area contributed by atoms with Gasteiger partial charge in [0.1, 0.15) is 5.75 Å². The Balaban J connectivity index is 1.97. The van der Waals surface area contributed by atoms with Gasteiger partial charge in [-0.05, 0) is 48.2 Å². The number of carbonyl (C=O) groups excluding carboxylic acids is 1. The first-order valence-corrected chi connectivity index (χ1v) is 10.5. The van der Waals surface area contributed by atoms with E-state index in [0.29, 0.717) is 6.42 Å². The van der Waals surface area contributed by atoms with Crippen molar-refractivity contribution in [1.82, 2.24) is 5.32 Å². The summed E-state index contributed by atoms with van der Waals surface area (Å²) in [6, 6.07) is 29.3. The Bertz CT molecular complexity index is 869. The molecule has 0 saturated heterocycles. The van der Waals surface area contributed by atoms with Crippen LogP contribution in [0.4, 0.5) is 0 Å². The topological polar surface area (TPSA) is 64.3 Å². The number of hydrogen-bond acceptors (Lipinski definition) is 3. The van der Waals surface area contributed by atoms with Crippen molar-refractivity contribution >= 4 is 5.91 Å². The van der Waals surface area contributed by atoms with Crippen molar-refractivity contribution in [2.45, 2.75) is 31.2 Å². The maximum Gasteiger partial charge on any atom is 0.217 e. The van der Waals surface area contributed by atoms with Crippen LogP contribution in [-0.4, -0.2) is 19.6 Å². The highest BCUT2D eigenvalue weighted by Crippen LogP contribution is 2.37. The Morgan fingerprint density at radius 2 is 1.33 bits per heavy atom. The van der Waals surface area contributed by atoms with Crippen LogP contribution in [0, 0.1) is 0 Å². The normalized spacial score (nSPS) is 11.2. The second-order valence-electron chi connectivity index (χ2n) is 7.41. The minimum Gasteiger partial charge on any atom is -0.497 e. The molecule has 156 valence electrons. The first kappa shape index (κ1) is 21.6. The molecule has 3 rings (SSSR count). The molecule has 0 spiro atoms. The number of unbranched alkanes of at least 4 members (excludes halogenated alkanes) is 2. The van der Waals surface area contributed by atoms with Crippen LogP contribution >= 0.6 is 0 Å². The molecule has 0 heterocycles. The zero-order valence-electron chi connectivity index (χ0n) is 17.5. The number of nitrogens with two attached hydrogens (primary N) is 1. The maximum atomic E-state index is 11.0. The van der Waals surface area contributed by atoms with E-state index in [9.17, 15) is 4.79 Å². The van der Waals surface area contributed by atoms with Gasteiger partial charge >= 0.3 is 0 Å². The smallest absolute Gasteiger partial charge is 0.217 e. The molecule has 3 aromatic rings. The number of methoxy groups -OCH3 is 1. The first-order valence-electron chi connectivity index (χ1n) is 10.5. The summed E-state index contributed by atoms with van der Waals surface area (Å²) in [5.74, 6) is 0.601. The Labute approximate surface area is 179 Å². The molecule has 1 amide bonds. The van der Waals surface area contributed by atoms with Gasteiger partial charge in [0.25, 0.3) is 0 Å². The summed E-state index contributed by atoms with van der Waals surface area (Å²) >= 11 is 0. The van der Waals surface area contributed by atoms with Gasteiger partial charge in [-0.15, -0.1) is 0 Å². The third-order valence-electron chi connectivity index (χ3n) is 5.43. The SMILES string of the molecule is COc1ccc(C(NCCCCCC(N)=O)(c2ccccc2)c2ccccc2)cc1. The Morgan fingerprint density at radius 1 is 0.800 bits per heavy atom. The monoisotopic (exact) mass is 402 g/mol. The van der Waals surface area contributed by atoms with Gasteiger partial charge in [0.05, 0.1) is 12.6 Å². The zero-order chi connectivity index (χ0) is 21.2. The third-order valence-corrected chi connectivity index (χ3v) is 5.43. The molecule has 0 aromatic heterocycles. The number of hydrogen-bond donors (Lipinski definition) is 2. The Morgan fingerprint density at radius 3 is 1.83 bits per heavy atom. The summed E-state index contributed by atoms with van der Waals surface area (Å²) in [6.07, 6.45) is 3.19. The molecule has 0 fully saturated rings. The van der Waals surface area contributed by atoms with Gasteiger partial charge < -0.3 is 10.5 Å². The van der Waals surface area contributed by atoms with E-state index in [4.69, 9.17) is 10.5 Å². The molecule has 0 radical (unpaired) electrons. The molecular formula is C26H30N2O2. The van der Waals surface area contributed by atoms with E-state index in [1.54, 1.807) is 7.11 Å². The zero-order valence-corrected chi connectivity index (χ0v) is 17.5. The molecule has 0 aliphatic heterocycles. The number of ether oxygens (including phenoxy) is 1. The molecule has 0 atom stereocenters. The number of benzene rings is 3. The van der Waals surface area contributed by atoms with Crippen molar-refractivity contribution in [3.8, 4) is 5.75 Å². The van der Waals surface area contributed by atoms with Crippen LogP contribution in [-0.2, 0) is 10.3 Å². The van der Waals surface area contributed by atoms with Crippen molar-refractivity contribution < 1.29 is 9.53 Å². The fourth-order valence-electron chi connectivity index (χ4n) is 3.90. The average Bonchev–Trinajstić information content (AvgIpc) is 2.80. The van der Waals surface area contributed by atoms with E-state index < -0.39 is 5.54 Å². The van der Waals surface area contributed by atoms with Crippen LogP contribution in [0.2, 0.25) is 0 Å². The van der Waals surface area contributed by atoms with Crippen molar-refractivity contribution in [2.24, 2.45) is 5.73 Å². The molecule has 3 N–H and O–H groups in total. The summed E-state index contributed by atoms with van der Waals surface area (Å²) in [7, 11) is 1.68. The van der Waals surface area contributed by atoms with Gasteiger partial charge in [0.2, 0.25) is 5.91 Å². The van der Waals surface area contributed by atoms with E-state index in [-0.39, 0.29) is 5.91 Å². The van der Waals surface area contributed by atoms with E-state index in [2.05, 4.69) is 66.0 Å². The lowest BCUT2D eigenvalue weighted by Crippen LogP contribution is -2.45. The van der Waals surface area contributed by atoms with Gasteiger partial charge in [-0.1, -0.05) is 79.2 Å². The van der Waals surface area contributed by atoms with Crippen LogP contribution in [0.5, 0.6) is 5.75 Å². The molecule has 3 aromatic carbocycles. The van der Waals surface area contributed by atoms with Gasteiger partial charge in [-0.2, -0.15) is 0 Å². The molecule has 4 heteroatoms. The lowest BCUT2D eigenvalue weighted by molar-refractivity contribution is -0.118. The van der Waals surface area contributed by atoms with Crippen LogP contribution in [0.3, 0.4) is 0 Å². The highest BCUT2D eigenvalue weighted by molar-refractivity contribution is 5.73. The fraction of sp³-hybridized carbons (Fsp3) is 0.269. The average molecular weight is 403 g/mol. The molecule has 0 bridgehead atoms. The second kappa shape index (κ2) is 10.6. The van der Waals surface area contributed by atoms with E-state index in [1.165, 1.54) is 11.1 Å². The van der Waals surface area contributed by atoms with Gasteiger partial charge in [0.15, 0.2) is 0 Å². The largest absolute Gasteiger partial charge is 0.497 e. The molecule has 0 unspecified atom stereocenters. The number of amides is 1. The summed E-state index contributed by atoms with van der Waals surface area (Å²) in [5, 5.41) is 3.85. The van der Waals surface area contributed by atoms with Gasteiger partial charge in [-0.25, -0.2) is 0 Å². The fourth-order valence-corrected chi connectivity index (χ4v) is 3.90. The molecule has 0 aliphatic rings. The summed E-state index contributed by atoms with van der Waals surface area (Å²) < 4.78 is 5.38.